The van der Waals surface area contributed by atoms with Gasteiger partial charge in [-0.05, 0) is 12.8 Å². The average molecular weight is 216 g/mol. The van der Waals surface area contributed by atoms with Crippen molar-refractivity contribution in [2.75, 3.05) is 11.8 Å². The SMILES string of the molecule is CC(CO)C(C)NS(=O)(=O)CCl. The molecule has 2 unspecified atom stereocenters. The molecule has 6 heteroatoms. The summed E-state index contributed by atoms with van der Waals surface area (Å²) in [5.41, 5.74) is 0. The van der Waals surface area contributed by atoms with Gasteiger partial charge >= 0.3 is 0 Å². The van der Waals surface area contributed by atoms with Crippen molar-refractivity contribution in [2.45, 2.75) is 19.9 Å². The van der Waals surface area contributed by atoms with E-state index in [4.69, 9.17) is 16.7 Å². The van der Waals surface area contributed by atoms with E-state index in [0.29, 0.717) is 0 Å². The van der Waals surface area contributed by atoms with Gasteiger partial charge in [0.15, 0.2) is 0 Å². The first-order valence-electron chi connectivity index (χ1n) is 3.59. The monoisotopic (exact) mass is 215 g/mol. The Morgan fingerprint density at radius 2 is 2.00 bits per heavy atom. The fraction of sp³-hybridized carbons (Fsp3) is 1.00. The summed E-state index contributed by atoms with van der Waals surface area (Å²) in [4.78, 5) is 0. The van der Waals surface area contributed by atoms with Gasteiger partial charge in [-0.2, -0.15) is 0 Å². The number of alkyl halides is 1. The predicted octanol–water partition coefficient (Wildman–Crippen LogP) is 0.119. The minimum atomic E-state index is -3.37. The van der Waals surface area contributed by atoms with Crippen LogP contribution in [-0.4, -0.2) is 31.4 Å². The number of aliphatic hydroxyl groups excluding tert-OH is 1. The second-order valence-electron chi connectivity index (χ2n) is 2.79. The molecule has 0 bridgehead atoms. The van der Waals surface area contributed by atoms with Crippen LogP contribution in [0.4, 0.5) is 0 Å². The third-order valence-corrected chi connectivity index (χ3v) is 3.53. The van der Waals surface area contributed by atoms with Crippen LogP contribution < -0.4 is 4.72 Å². The third kappa shape index (κ3) is 4.25. The first-order chi connectivity index (χ1) is 5.43. The molecule has 0 radical (unpaired) electrons. The first-order valence-corrected chi connectivity index (χ1v) is 5.78. The molecule has 2 atom stereocenters. The van der Waals surface area contributed by atoms with Crippen molar-refractivity contribution >= 4 is 21.6 Å². The van der Waals surface area contributed by atoms with Crippen molar-refractivity contribution in [1.82, 2.24) is 4.72 Å². The molecule has 0 amide bonds. The van der Waals surface area contributed by atoms with Gasteiger partial charge in [-0.25, -0.2) is 13.1 Å². The highest BCUT2D eigenvalue weighted by Gasteiger charge is 2.17. The smallest absolute Gasteiger partial charge is 0.225 e. The fourth-order valence-corrected chi connectivity index (χ4v) is 1.64. The lowest BCUT2D eigenvalue weighted by Crippen LogP contribution is -2.38. The molecule has 0 heterocycles. The molecule has 0 rings (SSSR count). The topological polar surface area (TPSA) is 66.4 Å². The molecule has 2 N–H and O–H groups in total. The number of halogens is 1. The summed E-state index contributed by atoms with van der Waals surface area (Å²) in [5.74, 6) is -0.108. The fourth-order valence-electron chi connectivity index (χ4n) is 0.589. The van der Waals surface area contributed by atoms with Crippen LogP contribution in [0.3, 0.4) is 0 Å². The van der Waals surface area contributed by atoms with E-state index in [1.165, 1.54) is 0 Å². The van der Waals surface area contributed by atoms with E-state index in [-0.39, 0.29) is 18.6 Å². The van der Waals surface area contributed by atoms with Crippen molar-refractivity contribution in [1.29, 1.82) is 0 Å². The van der Waals surface area contributed by atoms with Gasteiger partial charge in [-0.15, -0.1) is 11.6 Å². The number of hydrogen-bond acceptors (Lipinski definition) is 3. The highest BCUT2D eigenvalue weighted by Crippen LogP contribution is 2.03. The number of aliphatic hydroxyl groups is 1. The Balaban J connectivity index is 4.09. The zero-order chi connectivity index (χ0) is 9.78. The Morgan fingerprint density at radius 3 is 2.33 bits per heavy atom. The van der Waals surface area contributed by atoms with Crippen LogP contribution in [0.5, 0.6) is 0 Å². The Bertz CT molecular complexity index is 217. The average Bonchev–Trinajstić information content (AvgIpc) is 2.02. The highest BCUT2D eigenvalue weighted by molar-refractivity contribution is 7.90. The lowest BCUT2D eigenvalue weighted by Gasteiger charge is -2.17. The molecule has 0 aliphatic carbocycles. The quantitative estimate of drug-likeness (QED) is 0.641. The molecule has 4 nitrogen and oxygen atoms in total. The Kier molecular flexibility index (Phi) is 5.08. The molecular weight excluding hydrogens is 202 g/mol. The third-order valence-electron chi connectivity index (χ3n) is 1.65. The van der Waals surface area contributed by atoms with Gasteiger partial charge in [-0.1, -0.05) is 6.92 Å². The van der Waals surface area contributed by atoms with E-state index in [0.717, 1.165) is 0 Å². The molecule has 0 aliphatic heterocycles. The number of hydrogen-bond donors (Lipinski definition) is 2. The second kappa shape index (κ2) is 5.01. The Hall–Kier alpha value is 0.160. The molecule has 0 aromatic heterocycles. The zero-order valence-corrected chi connectivity index (χ0v) is 8.69. The molecule has 74 valence electrons. The van der Waals surface area contributed by atoms with E-state index in [1.54, 1.807) is 13.8 Å². The summed E-state index contributed by atoms with van der Waals surface area (Å²) in [6.07, 6.45) is 0. The minimum Gasteiger partial charge on any atom is -0.396 e. The van der Waals surface area contributed by atoms with Crippen LogP contribution in [0.2, 0.25) is 0 Å². The van der Waals surface area contributed by atoms with Crippen LogP contribution in [0.25, 0.3) is 0 Å². The van der Waals surface area contributed by atoms with Gasteiger partial charge in [0.25, 0.3) is 0 Å². The molecule has 0 aromatic carbocycles. The van der Waals surface area contributed by atoms with Gasteiger partial charge < -0.3 is 5.11 Å². The number of nitrogens with one attached hydrogen (secondary N) is 1. The van der Waals surface area contributed by atoms with E-state index in [1.807, 2.05) is 0 Å². The summed E-state index contributed by atoms with van der Waals surface area (Å²) in [6.45, 7) is 3.39. The molecule has 0 fully saturated rings. The van der Waals surface area contributed by atoms with Crippen molar-refractivity contribution in [3.8, 4) is 0 Å². The largest absolute Gasteiger partial charge is 0.396 e. The van der Waals surface area contributed by atoms with E-state index < -0.39 is 15.2 Å². The van der Waals surface area contributed by atoms with Crippen LogP contribution in [0.1, 0.15) is 13.8 Å². The number of rotatable bonds is 5. The molecular formula is C6H14ClNO3S. The molecule has 0 saturated carbocycles. The summed E-state index contributed by atoms with van der Waals surface area (Å²) in [6, 6.07) is -0.293. The second-order valence-corrected chi connectivity index (χ2v) is 5.13. The van der Waals surface area contributed by atoms with Gasteiger partial charge in [0.2, 0.25) is 10.0 Å². The lowest BCUT2D eigenvalue weighted by molar-refractivity contribution is 0.216. The van der Waals surface area contributed by atoms with Gasteiger partial charge in [0.1, 0.15) is 5.21 Å². The van der Waals surface area contributed by atoms with E-state index in [9.17, 15) is 8.42 Å². The molecule has 0 spiro atoms. The summed E-state index contributed by atoms with van der Waals surface area (Å²) >= 11 is 5.17. The standard InChI is InChI=1S/C6H14ClNO3S/c1-5(3-9)6(2)8-12(10,11)4-7/h5-6,8-9H,3-4H2,1-2H3. The summed E-state index contributed by atoms with van der Waals surface area (Å²) in [7, 11) is -3.37. The Morgan fingerprint density at radius 1 is 1.50 bits per heavy atom. The normalized spacial score (nSPS) is 17.3. The maximum absolute atomic E-state index is 10.9. The molecule has 0 aliphatic rings. The van der Waals surface area contributed by atoms with Crippen LogP contribution in [0.15, 0.2) is 0 Å². The van der Waals surface area contributed by atoms with Gasteiger partial charge in [0, 0.05) is 12.6 Å². The Labute approximate surface area is 78.0 Å². The molecule has 0 saturated heterocycles. The number of sulfonamides is 1. The molecule has 12 heavy (non-hydrogen) atoms. The van der Waals surface area contributed by atoms with Crippen LogP contribution in [0, 0.1) is 5.92 Å². The minimum absolute atomic E-state index is 0.0496. The van der Waals surface area contributed by atoms with Gasteiger partial charge in [-0.3, -0.25) is 0 Å². The maximum atomic E-state index is 10.9. The van der Waals surface area contributed by atoms with Crippen molar-refractivity contribution < 1.29 is 13.5 Å². The van der Waals surface area contributed by atoms with E-state index >= 15 is 0 Å². The van der Waals surface area contributed by atoms with Crippen molar-refractivity contribution in [3.05, 3.63) is 0 Å². The summed E-state index contributed by atoms with van der Waals surface area (Å²) in [5, 5.41) is 8.26. The highest BCUT2D eigenvalue weighted by atomic mass is 35.5. The molecule has 0 aromatic rings. The van der Waals surface area contributed by atoms with Crippen LogP contribution in [-0.2, 0) is 10.0 Å². The van der Waals surface area contributed by atoms with Gasteiger partial charge in [0.05, 0.1) is 0 Å². The van der Waals surface area contributed by atoms with Crippen molar-refractivity contribution in [2.24, 2.45) is 5.92 Å². The first kappa shape index (κ1) is 12.2. The van der Waals surface area contributed by atoms with Crippen LogP contribution >= 0.6 is 11.6 Å². The summed E-state index contributed by atoms with van der Waals surface area (Å²) < 4.78 is 24.1. The predicted molar refractivity (Wildman–Crippen MR) is 48.5 cm³/mol. The zero-order valence-electron chi connectivity index (χ0n) is 7.12. The van der Waals surface area contributed by atoms with E-state index in [2.05, 4.69) is 4.72 Å². The maximum Gasteiger partial charge on any atom is 0.225 e. The lowest BCUT2D eigenvalue weighted by atomic mass is 10.1. The van der Waals surface area contributed by atoms with Crippen molar-refractivity contribution in [3.63, 3.8) is 0 Å².